The summed E-state index contributed by atoms with van der Waals surface area (Å²) in [5, 5.41) is 1.42. The molecule has 0 saturated heterocycles. The monoisotopic (exact) mass is 465 g/mol. The average Bonchev–Trinajstić information content (AvgIpc) is 3.10. The number of amides is 1. The molecule has 3 aromatic rings. The molecule has 0 radical (unpaired) electrons. The van der Waals surface area contributed by atoms with Crippen molar-refractivity contribution in [3.8, 4) is 0 Å². The van der Waals surface area contributed by atoms with E-state index in [2.05, 4.69) is 44.7 Å². The summed E-state index contributed by atoms with van der Waals surface area (Å²) in [4.78, 5) is 22.2. The first-order valence-electron chi connectivity index (χ1n) is 10.1. The fourth-order valence-corrected chi connectivity index (χ4v) is 4.58. The van der Waals surface area contributed by atoms with Gasteiger partial charge in [-0.3, -0.25) is 9.69 Å². The van der Waals surface area contributed by atoms with Crippen molar-refractivity contribution in [1.29, 1.82) is 0 Å². The maximum absolute atomic E-state index is 13.3. The summed E-state index contributed by atoms with van der Waals surface area (Å²) in [5.74, 6) is 0.0746. The lowest BCUT2D eigenvalue weighted by molar-refractivity contribution is -0.118. The molecule has 1 aromatic heterocycles. The summed E-state index contributed by atoms with van der Waals surface area (Å²) >= 11 is 7.66. The zero-order valence-electron chi connectivity index (χ0n) is 17.9. The van der Waals surface area contributed by atoms with E-state index in [9.17, 15) is 4.79 Å². The van der Waals surface area contributed by atoms with Gasteiger partial charge in [-0.2, -0.15) is 0 Å². The molecule has 1 amide bonds. The van der Waals surface area contributed by atoms with Crippen LogP contribution >= 0.6 is 35.3 Å². The van der Waals surface area contributed by atoms with Gasteiger partial charge in [0.05, 0.1) is 16.6 Å². The third-order valence-electron chi connectivity index (χ3n) is 5.33. The molecule has 0 aliphatic carbocycles. The van der Waals surface area contributed by atoms with E-state index < -0.39 is 0 Å². The van der Waals surface area contributed by atoms with Gasteiger partial charge >= 0.3 is 0 Å². The predicted molar refractivity (Wildman–Crippen MR) is 132 cm³/mol. The van der Waals surface area contributed by atoms with Crippen LogP contribution in [-0.4, -0.2) is 42.0 Å². The molecule has 3 rings (SSSR count). The molecule has 0 saturated carbocycles. The maximum atomic E-state index is 13.3. The van der Waals surface area contributed by atoms with Crippen LogP contribution in [0.4, 0.5) is 5.13 Å². The van der Waals surface area contributed by atoms with E-state index in [1.54, 1.807) is 0 Å². The van der Waals surface area contributed by atoms with Crippen molar-refractivity contribution in [2.75, 3.05) is 31.1 Å². The van der Waals surface area contributed by atoms with Crippen molar-refractivity contribution in [2.45, 2.75) is 34.1 Å². The van der Waals surface area contributed by atoms with Gasteiger partial charge in [0.25, 0.3) is 0 Å². The number of thiazole rings is 1. The Bertz CT molecular complexity index is 1000. The standard InChI is InChI=1S/C23H28ClN3OS.ClH/c1-5-26(6-2)11-12-27(22(28)14-18-8-7-16(3)17(4)13-18)23-25-20-10-9-19(24)15-21(20)29-23;/h7-10,13,15H,5-6,11-12,14H2,1-4H3;1H. The van der Waals surface area contributed by atoms with E-state index in [1.165, 1.54) is 22.5 Å². The highest BCUT2D eigenvalue weighted by atomic mass is 35.5. The SMILES string of the molecule is CCN(CC)CCN(C(=O)Cc1ccc(C)c(C)c1)c1nc2ccc(Cl)cc2s1.Cl. The number of likely N-dealkylation sites (N-methyl/N-ethyl adjacent to an activating group) is 1. The summed E-state index contributed by atoms with van der Waals surface area (Å²) in [6.07, 6.45) is 0.371. The molecule has 0 atom stereocenters. The second-order valence-corrected chi connectivity index (χ2v) is 8.72. The van der Waals surface area contributed by atoms with Gasteiger partial charge in [-0.1, -0.05) is 55.0 Å². The second-order valence-electron chi connectivity index (χ2n) is 7.28. The molecule has 0 unspecified atom stereocenters. The fourth-order valence-electron chi connectivity index (χ4n) is 3.29. The lowest BCUT2D eigenvalue weighted by atomic mass is 10.0. The van der Waals surface area contributed by atoms with Crippen LogP contribution in [0, 0.1) is 13.8 Å². The third kappa shape index (κ3) is 5.94. The minimum Gasteiger partial charge on any atom is -0.302 e. The molecule has 7 heteroatoms. The summed E-state index contributed by atoms with van der Waals surface area (Å²) in [5.41, 5.74) is 4.36. The molecule has 162 valence electrons. The van der Waals surface area contributed by atoms with E-state index in [-0.39, 0.29) is 18.3 Å². The number of anilines is 1. The van der Waals surface area contributed by atoms with Crippen LogP contribution in [0.1, 0.15) is 30.5 Å². The van der Waals surface area contributed by atoms with Crippen LogP contribution in [0.25, 0.3) is 10.2 Å². The Morgan fingerprint density at radius 2 is 1.77 bits per heavy atom. The molecule has 0 bridgehead atoms. The number of aromatic nitrogens is 1. The van der Waals surface area contributed by atoms with Gasteiger partial charge in [0.15, 0.2) is 5.13 Å². The molecule has 1 heterocycles. The Kier molecular flexibility index (Phi) is 9.10. The van der Waals surface area contributed by atoms with Crippen LogP contribution in [0.2, 0.25) is 5.02 Å². The number of hydrogen-bond donors (Lipinski definition) is 0. The number of halogens is 2. The molecule has 30 heavy (non-hydrogen) atoms. The van der Waals surface area contributed by atoms with E-state index in [0.29, 0.717) is 18.0 Å². The van der Waals surface area contributed by atoms with E-state index >= 15 is 0 Å². The lowest BCUT2D eigenvalue weighted by Gasteiger charge is -2.25. The Labute approximate surface area is 194 Å². The third-order valence-corrected chi connectivity index (χ3v) is 6.61. The lowest BCUT2D eigenvalue weighted by Crippen LogP contribution is -2.39. The Morgan fingerprint density at radius 3 is 2.43 bits per heavy atom. The maximum Gasteiger partial charge on any atom is 0.233 e. The number of benzene rings is 2. The van der Waals surface area contributed by atoms with Gasteiger partial charge in [0.1, 0.15) is 0 Å². The average molecular weight is 466 g/mol. The number of carbonyl (C=O) groups excluding carboxylic acids is 1. The fraction of sp³-hybridized carbons (Fsp3) is 0.391. The normalized spacial score (nSPS) is 11.0. The molecule has 0 spiro atoms. The van der Waals surface area contributed by atoms with Crippen molar-refractivity contribution in [3.63, 3.8) is 0 Å². The number of carbonyl (C=O) groups is 1. The Hall–Kier alpha value is -1.66. The van der Waals surface area contributed by atoms with Crippen molar-refractivity contribution in [2.24, 2.45) is 0 Å². The zero-order valence-corrected chi connectivity index (χ0v) is 20.3. The highest BCUT2D eigenvalue weighted by molar-refractivity contribution is 7.22. The van der Waals surface area contributed by atoms with Gasteiger partial charge in [-0.15, -0.1) is 12.4 Å². The van der Waals surface area contributed by atoms with Crippen LogP contribution in [0.15, 0.2) is 36.4 Å². The minimum atomic E-state index is 0. The minimum absolute atomic E-state index is 0. The Morgan fingerprint density at radius 1 is 1.03 bits per heavy atom. The number of rotatable bonds is 8. The Balaban J connectivity index is 0.00000320. The van der Waals surface area contributed by atoms with Crippen LogP contribution in [-0.2, 0) is 11.2 Å². The highest BCUT2D eigenvalue weighted by Gasteiger charge is 2.21. The van der Waals surface area contributed by atoms with Crippen molar-refractivity contribution in [3.05, 3.63) is 58.1 Å². The van der Waals surface area contributed by atoms with Crippen LogP contribution in [0.3, 0.4) is 0 Å². The summed E-state index contributed by atoms with van der Waals surface area (Å²) in [6.45, 7) is 11.8. The number of aryl methyl sites for hydroxylation is 2. The van der Waals surface area contributed by atoms with Crippen molar-refractivity contribution >= 4 is 56.6 Å². The largest absolute Gasteiger partial charge is 0.302 e. The topological polar surface area (TPSA) is 36.4 Å². The summed E-state index contributed by atoms with van der Waals surface area (Å²) < 4.78 is 0.999. The summed E-state index contributed by atoms with van der Waals surface area (Å²) in [6, 6.07) is 11.9. The van der Waals surface area contributed by atoms with Crippen molar-refractivity contribution in [1.82, 2.24) is 9.88 Å². The number of nitrogens with zero attached hydrogens (tertiary/aromatic N) is 3. The van der Waals surface area contributed by atoms with Gasteiger partial charge in [0.2, 0.25) is 5.91 Å². The molecular weight excluding hydrogens is 437 g/mol. The zero-order chi connectivity index (χ0) is 21.0. The first-order valence-corrected chi connectivity index (χ1v) is 11.3. The second kappa shape index (κ2) is 11.1. The van der Waals surface area contributed by atoms with Crippen molar-refractivity contribution < 1.29 is 4.79 Å². The molecule has 0 N–H and O–H groups in total. The van der Waals surface area contributed by atoms with Gasteiger partial charge in [-0.25, -0.2) is 4.98 Å². The van der Waals surface area contributed by atoms with E-state index in [0.717, 1.165) is 40.5 Å². The van der Waals surface area contributed by atoms with Gasteiger partial charge < -0.3 is 4.90 Å². The molecule has 0 aliphatic rings. The number of fused-ring (bicyclic) bond motifs is 1. The van der Waals surface area contributed by atoms with E-state index in [1.807, 2.05) is 29.2 Å². The first kappa shape index (κ1) is 24.6. The highest BCUT2D eigenvalue weighted by Crippen LogP contribution is 2.31. The molecular formula is C23H29Cl2N3OS. The smallest absolute Gasteiger partial charge is 0.233 e. The molecule has 2 aromatic carbocycles. The molecule has 0 fully saturated rings. The van der Waals surface area contributed by atoms with Crippen LogP contribution in [0.5, 0.6) is 0 Å². The quantitative estimate of drug-likeness (QED) is 0.414. The number of hydrogen-bond acceptors (Lipinski definition) is 4. The van der Waals surface area contributed by atoms with E-state index in [4.69, 9.17) is 16.6 Å². The predicted octanol–water partition coefficient (Wildman–Crippen LogP) is 5.91. The molecule has 4 nitrogen and oxygen atoms in total. The van der Waals surface area contributed by atoms with Gasteiger partial charge in [-0.05, 0) is 61.8 Å². The summed E-state index contributed by atoms with van der Waals surface area (Å²) in [7, 11) is 0. The molecule has 0 aliphatic heterocycles. The van der Waals surface area contributed by atoms with Gasteiger partial charge in [0, 0.05) is 18.1 Å². The first-order chi connectivity index (χ1) is 13.9. The van der Waals surface area contributed by atoms with Crippen LogP contribution < -0.4 is 4.90 Å².